The molecule has 0 fully saturated rings. The average Bonchev–Trinajstić information content (AvgIpc) is 3.05. The van der Waals surface area contributed by atoms with Crippen molar-refractivity contribution in [2.75, 3.05) is 4.72 Å². The molecule has 3 aromatic rings. The van der Waals surface area contributed by atoms with Crippen molar-refractivity contribution in [2.45, 2.75) is 25.3 Å². The highest BCUT2D eigenvalue weighted by atomic mass is 32.2. The summed E-state index contributed by atoms with van der Waals surface area (Å²) >= 11 is 0. The largest absolute Gasteiger partial charge is 0.276 e. The predicted octanol–water partition coefficient (Wildman–Crippen LogP) is 2.08. The normalized spacial score (nSPS) is 11.6. The Morgan fingerprint density at radius 3 is 2.67 bits per heavy atom. The number of rotatable bonds is 5. The van der Waals surface area contributed by atoms with E-state index in [1.807, 2.05) is 25.1 Å². The summed E-state index contributed by atoms with van der Waals surface area (Å²) < 4.78 is 30.6. The summed E-state index contributed by atoms with van der Waals surface area (Å²) in [7, 11) is -1.99. The van der Waals surface area contributed by atoms with Crippen molar-refractivity contribution in [3.63, 3.8) is 0 Å². The summed E-state index contributed by atoms with van der Waals surface area (Å²) in [6.07, 6.45) is 4.65. The molecule has 0 spiro atoms. The van der Waals surface area contributed by atoms with Crippen LogP contribution in [0.4, 0.5) is 5.69 Å². The Bertz CT molecular complexity index is 972. The molecule has 2 heterocycles. The highest BCUT2D eigenvalue weighted by Crippen LogP contribution is 2.18. The number of sulfonamides is 1. The number of aryl methyl sites for hydroxylation is 3. The van der Waals surface area contributed by atoms with Crippen LogP contribution in [0.2, 0.25) is 0 Å². The van der Waals surface area contributed by atoms with Gasteiger partial charge in [0.1, 0.15) is 4.90 Å². The third-order valence-corrected chi connectivity index (χ3v) is 5.05. The zero-order chi connectivity index (χ0) is 17.3. The van der Waals surface area contributed by atoms with Crippen molar-refractivity contribution in [3.05, 3.63) is 59.7 Å². The number of nitrogens with one attached hydrogen (secondary N) is 1. The molecule has 0 aliphatic heterocycles. The smallest absolute Gasteiger partial charge is 0.265 e. The van der Waals surface area contributed by atoms with E-state index < -0.39 is 10.0 Å². The molecule has 126 valence electrons. The third kappa shape index (κ3) is 3.48. The molecule has 8 heteroatoms. The Hall–Kier alpha value is -2.61. The van der Waals surface area contributed by atoms with E-state index >= 15 is 0 Å². The molecule has 0 saturated carbocycles. The van der Waals surface area contributed by atoms with Gasteiger partial charge in [-0.3, -0.25) is 14.1 Å². The van der Waals surface area contributed by atoms with E-state index in [4.69, 9.17) is 0 Å². The fraction of sp³-hybridized carbons (Fsp3) is 0.250. The summed E-state index contributed by atoms with van der Waals surface area (Å²) in [4.78, 5) is 0.163. The van der Waals surface area contributed by atoms with Gasteiger partial charge in [0.2, 0.25) is 0 Å². The van der Waals surface area contributed by atoms with Gasteiger partial charge >= 0.3 is 0 Å². The molecule has 7 nitrogen and oxygen atoms in total. The molecule has 3 rings (SSSR count). The molecule has 0 atom stereocenters. The molecule has 0 bridgehead atoms. The number of hydrogen-bond acceptors (Lipinski definition) is 4. The maximum Gasteiger partial charge on any atom is 0.265 e. The lowest BCUT2D eigenvalue weighted by Crippen LogP contribution is -2.13. The lowest BCUT2D eigenvalue weighted by molar-refractivity contribution is 0.600. The van der Waals surface area contributed by atoms with E-state index in [0.717, 1.165) is 5.56 Å². The topological polar surface area (TPSA) is 81.8 Å². The molecule has 2 aromatic heterocycles. The number of hydrogen-bond donors (Lipinski definition) is 1. The molecule has 0 unspecified atom stereocenters. The van der Waals surface area contributed by atoms with Crippen LogP contribution in [0.1, 0.15) is 16.8 Å². The van der Waals surface area contributed by atoms with Crippen LogP contribution in [0.3, 0.4) is 0 Å². The first kappa shape index (κ1) is 16.3. The van der Waals surface area contributed by atoms with Crippen LogP contribution in [0.25, 0.3) is 0 Å². The van der Waals surface area contributed by atoms with Crippen LogP contribution < -0.4 is 4.72 Å². The summed E-state index contributed by atoms with van der Waals surface area (Å²) in [5, 5.41) is 8.28. The molecular weight excluding hydrogens is 326 g/mol. The van der Waals surface area contributed by atoms with Crippen LogP contribution in [-0.2, 0) is 23.6 Å². The van der Waals surface area contributed by atoms with Crippen LogP contribution in [-0.4, -0.2) is 28.0 Å². The van der Waals surface area contributed by atoms with Crippen molar-refractivity contribution in [1.29, 1.82) is 0 Å². The molecule has 24 heavy (non-hydrogen) atoms. The number of aromatic nitrogens is 4. The van der Waals surface area contributed by atoms with Gasteiger partial charge in [0.15, 0.2) is 0 Å². The van der Waals surface area contributed by atoms with Crippen molar-refractivity contribution in [3.8, 4) is 0 Å². The van der Waals surface area contributed by atoms with E-state index in [-0.39, 0.29) is 4.90 Å². The Balaban J connectivity index is 1.77. The molecular formula is C16H19N5O2S. The maximum atomic E-state index is 12.4. The van der Waals surface area contributed by atoms with Gasteiger partial charge in [-0.15, -0.1) is 0 Å². The number of benzene rings is 1. The summed E-state index contributed by atoms with van der Waals surface area (Å²) in [5.41, 5.74) is 3.16. The van der Waals surface area contributed by atoms with Gasteiger partial charge in [-0.25, -0.2) is 8.42 Å². The van der Waals surface area contributed by atoms with E-state index in [1.165, 1.54) is 22.6 Å². The lowest BCUT2D eigenvalue weighted by atomic mass is 10.1. The van der Waals surface area contributed by atoms with Crippen LogP contribution in [0.15, 0.2) is 47.8 Å². The predicted molar refractivity (Wildman–Crippen MR) is 91.3 cm³/mol. The summed E-state index contributed by atoms with van der Waals surface area (Å²) in [6, 6.07) is 8.10. The zero-order valence-electron chi connectivity index (χ0n) is 13.8. The first-order valence-corrected chi connectivity index (χ1v) is 8.93. The quantitative estimate of drug-likeness (QED) is 0.767. The molecule has 0 amide bonds. The minimum Gasteiger partial charge on any atom is -0.276 e. The second-order valence-corrected chi connectivity index (χ2v) is 7.42. The Kier molecular flexibility index (Phi) is 4.15. The molecule has 0 aliphatic carbocycles. The fourth-order valence-corrected chi connectivity index (χ4v) is 3.80. The summed E-state index contributed by atoms with van der Waals surface area (Å²) in [6.45, 7) is 4.27. The molecule has 0 saturated heterocycles. The fourth-order valence-electron chi connectivity index (χ4n) is 2.55. The first-order chi connectivity index (χ1) is 11.3. The van der Waals surface area contributed by atoms with Gasteiger partial charge in [-0.05, 0) is 19.4 Å². The van der Waals surface area contributed by atoms with Crippen LogP contribution >= 0.6 is 0 Å². The Labute approximate surface area is 141 Å². The first-order valence-electron chi connectivity index (χ1n) is 7.44. The monoisotopic (exact) mass is 345 g/mol. The van der Waals surface area contributed by atoms with Crippen LogP contribution in [0.5, 0.6) is 0 Å². The highest BCUT2D eigenvalue weighted by molar-refractivity contribution is 7.92. The van der Waals surface area contributed by atoms with Gasteiger partial charge in [-0.1, -0.05) is 29.8 Å². The minimum atomic E-state index is -3.68. The van der Waals surface area contributed by atoms with E-state index in [1.54, 1.807) is 24.9 Å². The van der Waals surface area contributed by atoms with Gasteiger partial charge < -0.3 is 0 Å². The van der Waals surface area contributed by atoms with Crippen molar-refractivity contribution < 1.29 is 8.42 Å². The second-order valence-electron chi connectivity index (χ2n) is 5.77. The van der Waals surface area contributed by atoms with E-state index in [9.17, 15) is 8.42 Å². The summed E-state index contributed by atoms with van der Waals surface area (Å²) in [5.74, 6) is 0. The van der Waals surface area contributed by atoms with Gasteiger partial charge in [0, 0.05) is 19.4 Å². The molecule has 0 radical (unpaired) electrons. The Morgan fingerprint density at radius 2 is 2.00 bits per heavy atom. The van der Waals surface area contributed by atoms with Crippen molar-refractivity contribution >= 4 is 15.7 Å². The zero-order valence-corrected chi connectivity index (χ0v) is 14.6. The Morgan fingerprint density at radius 1 is 1.21 bits per heavy atom. The highest BCUT2D eigenvalue weighted by Gasteiger charge is 2.20. The van der Waals surface area contributed by atoms with Crippen molar-refractivity contribution in [2.24, 2.45) is 7.05 Å². The average molecular weight is 345 g/mol. The van der Waals surface area contributed by atoms with E-state index in [2.05, 4.69) is 21.0 Å². The number of nitrogens with zero attached hydrogens (tertiary/aromatic N) is 4. The molecule has 1 aromatic carbocycles. The van der Waals surface area contributed by atoms with Crippen molar-refractivity contribution in [1.82, 2.24) is 19.6 Å². The molecule has 0 aliphatic rings. The van der Waals surface area contributed by atoms with Gasteiger partial charge in [0.05, 0.1) is 24.1 Å². The maximum absolute atomic E-state index is 12.4. The van der Waals surface area contributed by atoms with Crippen LogP contribution in [0, 0.1) is 13.8 Å². The minimum absolute atomic E-state index is 0.163. The molecule has 1 N–H and O–H groups in total. The van der Waals surface area contributed by atoms with E-state index in [0.29, 0.717) is 17.9 Å². The second kappa shape index (κ2) is 6.12. The van der Waals surface area contributed by atoms with Gasteiger partial charge in [0.25, 0.3) is 10.0 Å². The lowest BCUT2D eigenvalue weighted by Gasteiger charge is -2.04. The third-order valence-electron chi connectivity index (χ3n) is 3.57. The number of anilines is 1. The van der Waals surface area contributed by atoms with Gasteiger partial charge in [-0.2, -0.15) is 10.2 Å². The SMILES string of the molecule is Cc1cccc(Cn2cc(NS(=O)(=O)c3cn(C)nc3C)cn2)c1. The standard InChI is InChI=1S/C16H19N5O2S/c1-12-5-4-6-14(7-12)9-21-10-15(8-17-21)19-24(22,23)16-11-20(3)18-13(16)2/h4-8,10-11,19H,9H2,1-3H3.